The highest BCUT2D eigenvalue weighted by atomic mass is 19.1. The molecule has 1 amide bonds. The molecule has 1 saturated heterocycles. The molecule has 162 valence electrons. The molecule has 0 saturated carbocycles. The third-order valence-corrected chi connectivity index (χ3v) is 5.89. The van der Waals surface area contributed by atoms with Gasteiger partial charge < -0.3 is 14.2 Å². The summed E-state index contributed by atoms with van der Waals surface area (Å²) in [5, 5.41) is 0. The van der Waals surface area contributed by atoms with Gasteiger partial charge in [-0.1, -0.05) is 24.3 Å². The molecule has 0 radical (unpaired) electrons. The predicted molar refractivity (Wildman–Crippen MR) is 123 cm³/mol. The fraction of sp³-hybridized carbons (Fsp3) is 0.231. The van der Waals surface area contributed by atoms with E-state index in [1.54, 1.807) is 17.0 Å². The third kappa shape index (κ3) is 3.96. The number of carbonyl (C=O) groups is 1. The van der Waals surface area contributed by atoms with Gasteiger partial charge in [-0.15, -0.1) is 0 Å². The van der Waals surface area contributed by atoms with Crippen molar-refractivity contribution in [1.82, 2.24) is 9.55 Å². The van der Waals surface area contributed by atoms with Crippen LogP contribution in [0, 0.1) is 12.7 Å². The molecule has 5 nitrogen and oxygen atoms in total. The monoisotopic (exact) mass is 429 g/mol. The van der Waals surface area contributed by atoms with Crippen molar-refractivity contribution < 1.29 is 13.9 Å². The van der Waals surface area contributed by atoms with E-state index in [9.17, 15) is 9.18 Å². The van der Waals surface area contributed by atoms with E-state index in [2.05, 4.69) is 4.57 Å². The van der Waals surface area contributed by atoms with E-state index in [1.165, 1.54) is 12.1 Å². The van der Waals surface area contributed by atoms with E-state index in [0.717, 1.165) is 28.2 Å². The quantitative estimate of drug-likeness (QED) is 0.429. The SMILES string of the molecule is Cc1cccc(OCCn2c([C@H]3CC(=O)N(c4ccc(F)cc4)C3)nc3ccccc32)c1. The normalized spacial score (nSPS) is 16.1. The van der Waals surface area contributed by atoms with Gasteiger partial charge in [0.05, 0.1) is 17.6 Å². The Bertz CT molecular complexity index is 1270. The third-order valence-electron chi connectivity index (χ3n) is 5.89. The van der Waals surface area contributed by atoms with E-state index < -0.39 is 0 Å². The molecule has 0 bridgehead atoms. The van der Waals surface area contributed by atoms with Crippen LogP contribution in [0.4, 0.5) is 10.1 Å². The average molecular weight is 429 g/mol. The molecule has 32 heavy (non-hydrogen) atoms. The molecule has 1 atom stereocenters. The second-order valence-electron chi connectivity index (χ2n) is 8.16. The zero-order valence-electron chi connectivity index (χ0n) is 17.9. The number of benzene rings is 3. The topological polar surface area (TPSA) is 47.4 Å². The average Bonchev–Trinajstić information content (AvgIpc) is 3.35. The molecule has 1 aliphatic heterocycles. The lowest BCUT2D eigenvalue weighted by atomic mass is 10.1. The summed E-state index contributed by atoms with van der Waals surface area (Å²) in [4.78, 5) is 19.4. The van der Waals surface area contributed by atoms with Crippen molar-refractivity contribution in [1.29, 1.82) is 0 Å². The van der Waals surface area contributed by atoms with Crippen molar-refractivity contribution in [3.8, 4) is 5.75 Å². The van der Waals surface area contributed by atoms with Crippen molar-refractivity contribution in [2.45, 2.75) is 25.8 Å². The first-order valence-corrected chi connectivity index (χ1v) is 10.8. The first-order valence-electron chi connectivity index (χ1n) is 10.8. The molecule has 1 aliphatic rings. The van der Waals surface area contributed by atoms with Crippen molar-refractivity contribution in [3.63, 3.8) is 0 Å². The molecule has 2 heterocycles. The minimum absolute atomic E-state index is 0.0243. The second-order valence-corrected chi connectivity index (χ2v) is 8.16. The minimum Gasteiger partial charge on any atom is -0.492 e. The summed E-state index contributed by atoms with van der Waals surface area (Å²) in [7, 11) is 0. The van der Waals surface area contributed by atoms with E-state index in [0.29, 0.717) is 31.8 Å². The Morgan fingerprint density at radius 2 is 1.88 bits per heavy atom. The van der Waals surface area contributed by atoms with Crippen LogP contribution in [0.15, 0.2) is 72.8 Å². The van der Waals surface area contributed by atoms with Crippen LogP contribution in [-0.2, 0) is 11.3 Å². The van der Waals surface area contributed by atoms with E-state index >= 15 is 0 Å². The number of carbonyl (C=O) groups excluding carboxylic acids is 1. The van der Waals surface area contributed by atoms with Gasteiger partial charge in [0.1, 0.15) is 24.0 Å². The predicted octanol–water partition coefficient (Wildman–Crippen LogP) is 5.08. The number of fused-ring (bicyclic) bond motifs is 1. The van der Waals surface area contributed by atoms with Gasteiger partial charge in [-0.3, -0.25) is 4.79 Å². The van der Waals surface area contributed by atoms with Crippen molar-refractivity contribution >= 4 is 22.6 Å². The number of rotatable bonds is 6. The van der Waals surface area contributed by atoms with Crippen LogP contribution in [0.2, 0.25) is 0 Å². The first kappa shape index (κ1) is 20.2. The Hall–Kier alpha value is -3.67. The molecule has 0 aliphatic carbocycles. The van der Waals surface area contributed by atoms with Crippen LogP contribution in [0.5, 0.6) is 5.75 Å². The van der Waals surface area contributed by atoms with Crippen LogP contribution in [0.1, 0.15) is 23.7 Å². The zero-order chi connectivity index (χ0) is 22.1. The molecular weight excluding hydrogens is 405 g/mol. The molecule has 0 unspecified atom stereocenters. The largest absolute Gasteiger partial charge is 0.492 e. The Morgan fingerprint density at radius 3 is 2.69 bits per heavy atom. The highest BCUT2D eigenvalue weighted by molar-refractivity contribution is 5.96. The first-order chi connectivity index (χ1) is 15.6. The lowest BCUT2D eigenvalue weighted by Gasteiger charge is -2.17. The van der Waals surface area contributed by atoms with Crippen LogP contribution >= 0.6 is 0 Å². The minimum atomic E-state index is -0.313. The lowest BCUT2D eigenvalue weighted by Crippen LogP contribution is -2.24. The number of aromatic nitrogens is 2. The Kier molecular flexibility index (Phi) is 5.35. The molecule has 6 heteroatoms. The van der Waals surface area contributed by atoms with Gasteiger partial charge >= 0.3 is 0 Å². The molecule has 5 rings (SSSR count). The summed E-state index contributed by atoms with van der Waals surface area (Å²) in [6.45, 7) is 3.69. The smallest absolute Gasteiger partial charge is 0.227 e. The summed E-state index contributed by atoms with van der Waals surface area (Å²) in [5.41, 5.74) is 3.81. The fourth-order valence-corrected chi connectivity index (χ4v) is 4.35. The van der Waals surface area contributed by atoms with Crippen molar-refractivity contribution in [2.75, 3.05) is 18.1 Å². The van der Waals surface area contributed by atoms with Crippen LogP contribution < -0.4 is 9.64 Å². The van der Waals surface area contributed by atoms with Crippen LogP contribution in [0.3, 0.4) is 0 Å². The van der Waals surface area contributed by atoms with E-state index in [4.69, 9.17) is 9.72 Å². The van der Waals surface area contributed by atoms with Gasteiger partial charge in [-0.05, 0) is 61.0 Å². The summed E-state index contributed by atoms with van der Waals surface area (Å²) >= 11 is 0. The van der Waals surface area contributed by atoms with Crippen LogP contribution in [0.25, 0.3) is 11.0 Å². The standard InChI is InChI=1S/C26H24FN3O2/c1-18-5-4-6-22(15-18)32-14-13-29-24-8-3-2-7-23(24)28-26(29)19-16-25(31)30(17-19)21-11-9-20(27)10-12-21/h2-12,15,19H,13-14,16-17H2,1H3/t19-/m0/s1. The zero-order valence-corrected chi connectivity index (χ0v) is 17.9. The number of para-hydroxylation sites is 2. The summed E-state index contributed by atoms with van der Waals surface area (Å²) in [6, 6.07) is 22.1. The number of amides is 1. The van der Waals surface area contributed by atoms with Gasteiger partial charge in [-0.25, -0.2) is 9.37 Å². The van der Waals surface area contributed by atoms with Crippen LogP contribution in [-0.4, -0.2) is 28.6 Å². The molecular formula is C26H24FN3O2. The Balaban J connectivity index is 1.40. The number of halogens is 1. The van der Waals surface area contributed by atoms with Gasteiger partial charge in [0, 0.05) is 24.6 Å². The summed E-state index contributed by atoms with van der Waals surface area (Å²) in [6.07, 6.45) is 0.374. The highest BCUT2D eigenvalue weighted by Gasteiger charge is 2.34. The molecule has 4 aromatic rings. The molecule has 3 aromatic carbocycles. The van der Waals surface area contributed by atoms with Gasteiger partial charge in [0.25, 0.3) is 0 Å². The van der Waals surface area contributed by atoms with Crippen molar-refractivity contribution in [2.24, 2.45) is 0 Å². The molecule has 0 spiro atoms. The maximum Gasteiger partial charge on any atom is 0.227 e. The second kappa shape index (κ2) is 8.46. The highest BCUT2D eigenvalue weighted by Crippen LogP contribution is 2.33. The summed E-state index contributed by atoms with van der Waals surface area (Å²) in [5.74, 6) is 1.40. The van der Waals surface area contributed by atoms with E-state index in [1.807, 2.05) is 55.5 Å². The number of hydrogen-bond donors (Lipinski definition) is 0. The Morgan fingerprint density at radius 1 is 1.06 bits per heavy atom. The molecule has 1 fully saturated rings. The number of aryl methyl sites for hydroxylation is 1. The maximum absolute atomic E-state index is 13.3. The number of anilines is 1. The van der Waals surface area contributed by atoms with Gasteiger partial charge in [0.15, 0.2) is 0 Å². The van der Waals surface area contributed by atoms with Gasteiger partial charge in [-0.2, -0.15) is 0 Å². The number of imidazole rings is 1. The molecule has 0 N–H and O–H groups in total. The number of hydrogen-bond acceptors (Lipinski definition) is 3. The number of ether oxygens (including phenoxy) is 1. The summed E-state index contributed by atoms with van der Waals surface area (Å²) < 4.78 is 21.5. The molecule has 1 aromatic heterocycles. The lowest BCUT2D eigenvalue weighted by molar-refractivity contribution is -0.117. The fourth-order valence-electron chi connectivity index (χ4n) is 4.35. The van der Waals surface area contributed by atoms with Crippen molar-refractivity contribution in [3.05, 3.63) is 90.0 Å². The maximum atomic E-state index is 13.3. The Labute approximate surface area is 186 Å². The number of nitrogens with zero attached hydrogens (tertiary/aromatic N) is 3. The van der Waals surface area contributed by atoms with Gasteiger partial charge in [0.2, 0.25) is 5.91 Å². The van der Waals surface area contributed by atoms with E-state index in [-0.39, 0.29) is 17.6 Å².